The second-order valence-corrected chi connectivity index (χ2v) is 7.64. The Labute approximate surface area is 137 Å². The van der Waals surface area contributed by atoms with Gasteiger partial charge in [-0.2, -0.15) is 12.7 Å². The minimum atomic E-state index is -3.73. The van der Waals surface area contributed by atoms with Crippen LogP contribution in [-0.2, 0) is 10.2 Å². The lowest BCUT2D eigenvalue weighted by Crippen LogP contribution is -2.58. The average molecular weight is 352 g/mol. The van der Waals surface area contributed by atoms with Crippen molar-refractivity contribution < 1.29 is 18.3 Å². The molecule has 3 N–H and O–H groups in total. The second-order valence-electron chi connectivity index (χ2n) is 6.17. The van der Waals surface area contributed by atoms with E-state index in [-0.39, 0.29) is 6.54 Å². The summed E-state index contributed by atoms with van der Waals surface area (Å²) in [6.45, 7) is 1.19. The third-order valence-electron chi connectivity index (χ3n) is 4.69. The summed E-state index contributed by atoms with van der Waals surface area (Å²) in [6, 6.07) is 1.66. The number of rotatable bonds is 2. The van der Waals surface area contributed by atoms with E-state index in [1.807, 2.05) is 4.90 Å². The number of piperazine rings is 1. The number of nitrogens with zero attached hydrogens (tertiary/aromatic N) is 5. The van der Waals surface area contributed by atoms with Crippen molar-refractivity contribution in [3.05, 3.63) is 18.6 Å². The summed E-state index contributed by atoms with van der Waals surface area (Å²) >= 11 is 0. The Morgan fingerprint density at radius 2 is 2.04 bits per heavy atom. The van der Waals surface area contributed by atoms with Crippen LogP contribution in [-0.4, -0.2) is 63.6 Å². The van der Waals surface area contributed by atoms with Crippen LogP contribution in [0.4, 0.5) is 10.6 Å². The molecule has 1 saturated heterocycles. The molecule has 0 radical (unpaired) electrons. The van der Waals surface area contributed by atoms with E-state index in [1.165, 1.54) is 16.8 Å². The van der Waals surface area contributed by atoms with Gasteiger partial charge in [0.2, 0.25) is 0 Å². The van der Waals surface area contributed by atoms with Gasteiger partial charge in [0, 0.05) is 25.8 Å². The fourth-order valence-electron chi connectivity index (χ4n) is 3.44. The third kappa shape index (κ3) is 2.24. The van der Waals surface area contributed by atoms with Crippen LogP contribution < -0.4 is 10.0 Å². The smallest absolute Gasteiger partial charge is 0.417 e. The zero-order valence-corrected chi connectivity index (χ0v) is 13.5. The Morgan fingerprint density at radius 3 is 2.67 bits per heavy atom. The van der Waals surface area contributed by atoms with Gasteiger partial charge in [-0.3, -0.25) is 0 Å². The van der Waals surface area contributed by atoms with Crippen molar-refractivity contribution in [2.24, 2.45) is 5.14 Å². The van der Waals surface area contributed by atoms with Crippen molar-refractivity contribution in [3.8, 4) is 0 Å². The van der Waals surface area contributed by atoms with Gasteiger partial charge in [-0.1, -0.05) is 0 Å². The van der Waals surface area contributed by atoms with Crippen LogP contribution in [0.15, 0.2) is 18.6 Å². The van der Waals surface area contributed by atoms with Crippen LogP contribution >= 0.6 is 0 Å². The van der Waals surface area contributed by atoms with Crippen molar-refractivity contribution in [1.29, 1.82) is 0 Å². The zero-order valence-electron chi connectivity index (χ0n) is 12.7. The molecule has 2 fully saturated rings. The SMILES string of the molecule is NS(=O)(=O)N1CCN(c2ncnc3c2ccn3C(=O)O)CC12CC2. The summed E-state index contributed by atoms with van der Waals surface area (Å²) in [7, 11) is -3.73. The Hall–Kier alpha value is -2.24. The lowest BCUT2D eigenvalue weighted by Gasteiger charge is -2.40. The first kappa shape index (κ1) is 15.3. The van der Waals surface area contributed by atoms with E-state index in [4.69, 9.17) is 5.14 Å². The third-order valence-corrected chi connectivity index (χ3v) is 5.87. The summed E-state index contributed by atoms with van der Waals surface area (Å²) in [5.74, 6) is 0.611. The quantitative estimate of drug-likeness (QED) is 0.765. The van der Waals surface area contributed by atoms with Gasteiger partial charge in [-0.15, -0.1) is 0 Å². The predicted molar refractivity (Wildman–Crippen MR) is 84.9 cm³/mol. The maximum atomic E-state index is 11.8. The number of aromatic nitrogens is 3. The molecule has 10 nitrogen and oxygen atoms in total. The highest BCUT2D eigenvalue weighted by Gasteiger charge is 2.55. The molecule has 1 aliphatic heterocycles. The normalized spacial score (nSPS) is 20.6. The first-order valence-corrected chi connectivity index (χ1v) is 8.93. The number of fused-ring (bicyclic) bond motifs is 1. The molecule has 0 aromatic carbocycles. The van der Waals surface area contributed by atoms with Crippen LogP contribution in [0, 0.1) is 0 Å². The lowest BCUT2D eigenvalue weighted by molar-refractivity contribution is 0.197. The highest BCUT2D eigenvalue weighted by molar-refractivity contribution is 7.86. The van der Waals surface area contributed by atoms with E-state index in [9.17, 15) is 18.3 Å². The molecular weight excluding hydrogens is 336 g/mol. The summed E-state index contributed by atoms with van der Waals surface area (Å²) in [5, 5.41) is 15.1. The van der Waals surface area contributed by atoms with Gasteiger partial charge in [0.25, 0.3) is 10.2 Å². The number of hydrogen-bond acceptors (Lipinski definition) is 6. The maximum absolute atomic E-state index is 11.8. The topological polar surface area (TPSA) is 135 Å². The molecule has 2 aliphatic rings. The van der Waals surface area contributed by atoms with Crippen molar-refractivity contribution in [3.63, 3.8) is 0 Å². The van der Waals surface area contributed by atoms with Crippen molar-refractivity contribution in [2.45, 2.75) is 18.4 Å². The van der Waals surface area contributed by atoms with Gasteiger partial charge in [0.1, 0.15) is 12.1 Å². The lowest BCUT2D eigenvalue weighted by atomic mass is 10.2. The molecule has 11 heteroatoms. The van der Waals surface area contributed by atoms with Crippen LogP contribution in [0.5, 0.6) is 0 Å². The molecule has 1 aliphatic carbocycles. The van der Waals surface area contributed by atoms with Gasteiger partial charge in [0.05, 0.1) is 10.9 Å². The molecule has 2 aromatic rings. The number of nitrogens with two attached hydrogens (primary N) is 1. The number of carboxylic acid groups (broad SMARTS) is 1. The summed E-state index contributed by atoms with van der Waals surface area (Å²) < 4.78 is 25.9. The van der Waals surface area contributed by atoms with Crippen molar-refractivity contribution >= 4 is 33.2 Å². The number of anilines is 1. The zero-order chi connectivity index (χ0) is 17.1. The molecule has 4 rings (SSSR count). The van der Waals surface area contributed by atoms with Gasteiger partial charge in [-0.05, 0) is 18.9 Å². The van der Waals surface area contributed by atoms with Crippen molar-refractivity contribution in [1.82, 2.24) is 18.8 Å². The summed E-state index contributed by atoms with van der Waals surface area (Å²) in [4.78, 5) is 21.5. The van der Waals surface area contributed by atoms with Crippen LogP contribution in [0.1, 0.15) is 12.8 Å². The number of hydrogen-bond donors (Lipinski definition) is 2. The second kappa shape index (κ2) is 4.88. The fraction of sp³-hybridized carbons (Fsp3) is 0.462. The van der Waals surface area contributed by atoms with E-state index in [0.717, 1.165) is 17.4 Å². The Morgan fingerprint density at radius 1 is 1.29 bits per heavy atom. The van der Waals surface area contributed by atoms with Gasteiger partial charge in [0.15, 0.2) is 5.65 Å². The van der Waals surface area contributed by atoms with Crippen molar-refractivity contribution in [2.75, 3.05) is 24.5 Å². The fourth-order valence-corrected chi connectivity index (χ4v) is 4.55. The molecule has 0 atom stereocenters. The summed E-state index contributed by atoms with van der Waals surface area (Å²) in [5.41, 5.74) is -0.162. The largest absolute Gasteiger partial charge is 0.464 e. The minimum absolute atomic E-state index is 0.282. The molecule has 1 spiro atoms. The van der Waals surface area contributed by atoms with E-state index in [1.54, 1.807) is 6.07 Å². The molecule has 0 amide bonds. The van der Waals surface area contributed by atoms with E-state index < -0.39 is 21.8 Å². The molecule has 128 valence electrons. The molecule has 0 bridgehead atoms. The Balaban J connectivity index is 1.71. The Kier molecular flexibility index (Phi) is 3.11. The molecule has 1 saturated carbocycles. The summed E-state index contributed by atoms with van der Waals surface area (Å²) in [6.07, 6.45) is 3.14. The average Bonchev–Trinajstić information content (AvgIpc) is 3.11. The highest BCUT2D eigenvalue weighted by Crippen LogP contribution is 2.46. The first-order chi connectivity index (χ1) is 11.3. The number of carbonyl (C=O) groups is 1. The van der Waals surface area contributed by atoms with E-state index >= 15 is 0 Å². The maximum Gasteiger partial charge on any atom is 0.417 e. The van der Waals surface area contributed by atoms with Gasteiger partial charge >= 0.3 is 6.09 Å². The molecular formula is C13H16N6O4S. The Bertz CT molecular complexity index is 935. The molecule has 3 heterocycles. The van der Waals surface area contributed by atoms with E-state index in [0.29, 0.717) is 29.9 Å². The van der Waals surface area contributed by atoms with Crippen LogP contribution in [0.2, 0.25) is 0 Å². The van der Waals surface area contributed by atoms with E-state index in [2.05, 4.69) is 9.97 Å². The van der Waals surface area contributed by atoms with Crippen LogP contribution in [0.3, 0.4) is 0 Å². The highest BCUT2D eigenvalue weighted by atomic mass is 32.2. The molecule has 0 unspecified atom stereocenters. The van der Waals surface area contributed by atoms with Gasteiger partial charge < -0.3 is 10.0 Å². The standard InChI is InChI=1S/C13H16N6O4S/c14-24(22,23)19-6-5-17(7-13(19)2-3-13)10-9-1-4-18(12(20)21)11(9)16-8-15-10/h1,4,8H,2-3,5-7H2,(H,20,21)(H2,14,22,23). The van der Waals surface area contributed by atoms with Crippen LogP contribution in [0.25, 0.3) is 11.0 Å². The molecule has 24 heavy (non-hydrogen) atoms. The monoisotopic (exact) mass is 352 g/mol. The first-order valence-electron chi connectivity index (χ1n) is 7.43. The predicted octanol–water partition coefficient (Wildman–Crippen LogP) is -0.184. The van der Waals surface area contributed by atoms with Gasteiger partial charge in [-0.25, -0.2) is 24.5 Å². The molecule has 2 aromatic heterocycles. The minimum Gasteiger partial charge on any atom is -0.464 e.